The summed E-state index contributed by atoms with van der Waals surface area (Å²) in [4.78, 5) is 25.6. The van der Waals surface area contributed by atoms with Crippen LogP contribution in [0.4, 0.5) is 0 Å². The van der Waals surface area contributed by atoms with E-state index >= 15 is 0 Å². The maximum absolute atomic E-state index is 12.9. The first-order valence-corrected chi connectivity index (χ1v) is 8.55. The van der Waals surface area contributed by atoms with Crippen LogP contribution in [0.25, 0.3) is 0 Å². The Balaban J connectivity index is 1.84. The summed E-state index contributed by atoms with van der Waals surface area (Å²) in [5.41, 5.74) is -1.60. The van der Waals surface area contributed by atoms with E-state index in [1.165, 1.54) is 18.2 Å². The standard InChI is InChI=1S/C20H18O7/c1-9-20(26,8-14(22)27-9)7-10-6-13(21)15-16(17(10)23)19(25)12-5-3-2-4-11(12)18(15)24/h2-6,9,14,21-23,26H,7-8H2,1H3/t9-,14?,20+/m0/s1. The van der Waals surface area contributed by atoms with Gasteiger partial charge in [-0.25, -0.2) is 0 Å². The fourth-order valence-electron chi connectivity index (χ4n) is 3.87. The molecule has 2 aromatic rings. The Morgan fingerprint density at radius 3 is 2.26 bits per heavy atom. The second-order valence-corrected chi connectivity index (χ2v) is 7.07. The molecule has 1 aliphatic carbocycles. The van der Waals surface area contributed by atoms with E-state index in [0.717, 1.165) is 0 Å². The quantitative estimate of drug-likeness (QED) is 0.501. The highest BCUT2D eigenvalue weighted by atomic mass is 16.6. The average molecular weight is 370 g/mol. The van der Waals surface area contributed by atoms with Crippen LogP contribution < -0.4 is 0 Å². The fourth-order valence-corrected chi connectivity index (χ4v) is 3.87. The van der Waals surface area contributed by atoms with Crippen molar-refractivity contribution in [2.24, 2.45) is 0 Å². The predicted molar refractivity (Wildman–Crippen MR) is 92.9 cm³/mol. The van der Waals surface area contributed by atoms with Crippen LogP contribution >= 0.6 is 0 Å². The molecule has 0 radical (unpaired) electrons. The van der Waals surface area contributed by atoms with Crippen molar-refractivity contribution in [3.63, 3.8) is 0 Å². The largest absolute Gasteiger partial charge is 0.507 e. The number of carbonyl (C=O) groups excluding carboxylic acids is 2. The van der Waals surface area contributed by atoms with Gasteiger partial charge in [0.15, 0.2) is 17.9 Å². The highest BCUT2D eigenvalue weighted by molar-refractivity contribution is 6.30. The fraction of sp³-hybridized carbons (Fsp3) is 0.300. The molecule has 1 saturated heterocycles. The van der Waals surface area contributed by atoms with Gasteiger partial charge in [-0.2, -0.15) is 0 Å². The zero-order valence-corrected chi connectivity index (χ0v) is 14.5. The molecule has 27 heavy (non-hydrogen) atoms. The molecule has 4 rings (SSSR count). The van der Waals surface area contributed by atoms with E-state index in [2.05, 4.69) is 0 Å². The lowest BCUT2D eigenvalue weighted by Gasteiger charge is -2.27. The van der Waals surface area contributed by atoms with Crippen LogP contribution in [0.5, 0.6) is 11.5 Å². The van der Waals surface area contributed by atoms with Crippen molar-refractivity contribution in [2.75, 3.05) is 0 Å². The highest BCUT2D eigenvalue weighted by Crippen LogP contribution is 2.42. The normalized spacial score (nSPS) is 26.8. The molecule has 4 N–H and O–H groups in total. The second-order valence-electron chi connectivity index (χ2n) is 7.07. The summed E-state index contributed by atoms with van der Waals surface area (Å²) in [6, 6.07) is 7.37. The number of phenolic OH excluding ortho intramolecular Hbond substituents is 2. The molecule has 2 aliphatic rings. The smallest absolute Gasteiger partial charge is 0.198 e. The molecular formula is C20H18O7. The van der Waals surface area contributed by atoms with Crippen LogP contribution in [-0.4, -0.2) is 50.0 Å². The van der Waals surface area contributed by atoms with Crippen LogP contribution in [0.2, 0.25) is 0 Å². The topological polar surface area (TPSA) is 124 Å². The van der Waals surface area contributed by atoms with Gasteiger partial charge >= 0.3 is 0 Å². The minimum absolute atomic E-state index is 0.0822. The SMILES string of the molecule is C[C@@H]1OC(O)C[C@]1(O)Cc1cc(O)c2c(c1O)C(=O)c1ccccc1C2=O. The average Bonchev–Trinajstić information content (AvgIpc) is 2.87. The number of aromatic hydroxyl groups is 2. The van der Waals surface area contributed by atoms with Gasteiger partial charge in [0.25, 0.3) is 0 Å². The van der Waals surface area contributed by atoms with Crippen LogP contribution in [0.3, 0.4) is 0 Å². The van der Waals surface area contributed by atoms with Gasteiger partial charge in [0, 0.05) is 29.5 Å². The zero-order valence-electron chi connectivity index (χ0n) is 14.5. The van der Waals surface area contributed by atoms with Gasteiger partial charge < -0.3 is 25.2 Å². The molecule has 3 atom stereocenters. The number of ether oxygens (including phenoxy) is 1. The first kappa shape index (κ1) is 17.7. The molecular weight excluding hydrogens is 352 g/mol. The number of benzene rings is 2. The Morgan fingerprint density at radius 2 is 1.70 bits per heavy atom. The third kappa shape index (κ3) is 2.55. The number of phenols is 2. The number of hydrogen-bond acceptors (Lipinski definition) is 7. The van der Waals surface area contributed by atoms with Gasteiger partial charge in [0.1, 0.15) is 11.5 Å². The van der Waals surface area contributed by atoms with Crippen molar-refractivity contribution in [1.29, 1.82) is 0 Å². The lowest BCUT2D eigenvalue weighted by Crippen LogP contribution is -2.38. The third-order valence-corrected chi connectivity index (χ3v) is 5.37. The number of fused-ring (bicyclic) bond motifs is 2. The van der Waals surface area contributed by atoms with E-state index in [0.29, 0.717) is 0 Å². The lowest BCUT2D eigenvalue weighted by molar-refractivity contribution is -0.0976. The Labute approximate surface area is 154 Å². The Morgan fingerprint density at radius 1 is 1.11 bits per heavy atom. The van der Waals surface area contributed by atoms with E-state index in [1.807, 2.05) is 0 Å². The van der Waals surface area contributed by atoms with Crippen molar-refractivity contribution < 1.29 is 34.8 Å². The monoisotopic (exact) mass is 370 g/mol. The molecule has 1 aliphatic heterocycles. The van der Waals surface area contributed by atoms with Gasteiger partial charge in [-0.3, -0.25) is 9.59 Å². The van der Waals surface area contributed by atoms with Crippen molar-refractivity contribution in [2.45, 2.75) is 37.8 Å². The van der Waals surface area contributed by atoms with Crippen LogP contribution in [0, 0.1) is 0 Å². The maximum atomic E-state index is 12.9. The summed E-state index contributed by atoms with van der Waals surface area (Å²) in [5, 5.41) is 41.5. The number of rotatable bonds is 2. The third-order valence-electron chi connectivity index (χ3n) is 5.37. The maximum Gasteiger partial charge on any atom is 0.198 e. The van der Waals surface area contributed by atoms with E-state index in [4.69, 9.17) is 4.74 Å². The number of hydrogen-bond donors (Lipinski definition) is 4. The van der Waals surface area contributed by atoms with Crippen molar-refractivity contribution >= 4 is 11.6 Å². The number of aliphatic hydroxyl groups excluding tert-OH is 1. The predicted octanol–water partition coefficient (Wildman–Crippen LogP) is 1.27. The van der Waals surface area contributed by atoms with Gasteiger partial charge in [-0.05, 0) is 13.0 Å². The number of carbonyl (C=O) groups is 2. The van der Waals surface area contributed by atoms with Crippen LogP contribution in [0.1, 0.15) is 50.8 Å². The lowest BCUT2D eigenvalue weighted by atomic mass is 9.80. The second kappa shape index (κ2) is 5.88. The summed E-state index contributed by atoms with van der Waals surface area (Å²) in [6.07, 6.45) is -2.11. The molecule has 1 unspecified atom stereocenters. The summed E-state index contributed by atoms with van der Waals surface area (Å²) >= 11 is 0. The van der Waals surface area contributed by atoms with E-state index in [9.17, 15) is 30.0 Å². The van der Waals surface area contributed by atoms with Crippen molar-refractivity contribution in [3.05, 3.63) is 58.1 Å². The van der Waals surface area contributed by atoms with Crippen LogP contribution in [0.15, 0.2) is 30.3 Å². The Bertz CT molecular complexity index is 981. The summed E-state index contributed by atoms with van der Waals surface area (Å²) in [6.45, 7) is 1.58. The van der Waals surface area contributed by atoms with E-state index < -0.39 is 41.1 Å². The summed E-state index contributed by atoms with van der Waals surface area (Å²) in [7, 11) is 0. The minimum atomic E-state index is -1.49. The molecule has 0 amide bonds. The summed E-state index contributed by atoms with van der Waals surface area (Å²) in [5.74, 6) is -2.03. The van der Waals surface area contributed by atoms with E-state index in [1.54, 1.807) is 19.1 Å². The summed E-state index contributed by atoms with van der Waals surface area (Å²) < 4.78 is 5.16. The molecule has 0 bridgehead atoms. The first-order chi connectivity index (χ1) is 12.7. The van der Waals surface area contributed by atoms with Gasteiger partial charge in [-0.15, -0.1) is 0 Å². The minimum Gasteiger partial charge on any atom is -0.507 e. The first-order valence-electron chi connectivity index (χ1n) is 8.55. The molecule has 0 aromatic heterocycles. The molecule has 7 heteroatoms. The number of ketones is 2. The van der Waals surface area contributed by atoms with Crippen molar-refractivity contribution in [3.8, 4) is 11.5 Å². The van der Waals surface area contributed by atoms with Gasteiger partial charge in [0.2, 0.25) is 0 Å². The zero-order chi connectivity index (χ0) is 19.5. The molecule has 1 fully saturated rings. The molecule has 140 valence electrons. The highest BCUT2D eigenvalue weighted by Gasteiger charge is 2.45. The van der Waals surface area contributed by atoms with Gasteiger partial charge in [-0.1, -0.05) is 24.3 Å². The molecule has 7 nitrogen and oxygen atoms in total. The molecule has 0 saturated carbocycles. The molecule has 2 aromatic carbocycles. The molecule has 1 heterocycles. The van der Waals surface area contributed by atoms with E-state index in [-0.39, 0.29) is 40.7 Å². The number of aliphatic hydroxyl groups is 2. The van der Waals surface area contributed by atoms with Crippen LogP contribution in [-0.2, 0) is 11.2 Å². The Hall–Kier alpha value is -2.74. The Kier molecular flexibility index (Phi) is 3.85. The van der Waals surface area contributed by atoms with Gasteiger partial charge in [0.05, 0.1) is 22.8 Å². The molecule has 0 spiro atoms. The van der Waals surface area contributed by atoms with Crippen molar-refractivity contribution in [1.82, 2.24) is 0 Å².